The van der Waals surface area contributed by atoms with E-state index >= 15 is 0 Å². The zero-order valence-electron chi connectivity index (χ0n) is 10.0. The van der Waals surface area contributed by atoms with Gasteiger partial charge < -0.3 is 15.8 Å². The Morgan fingerprint density at radius 1 is 1.65 bits per heavy atom. The third-order valence-electron chi connectivity index (χ3n) is 3.20. The predicted molar refractivity (Wildman–Crippen MR) is 75.4 cm³/mol. The number of thiophene rings is 1. The van der Waals surface area contributed by atoms with Crippen molar-refractivity contribution in [2.75, 3.05) is 19.7 Å². The van der Waals surface area contributed by atoms with Gasteiger partial charge in [0, 0.05) is 24.6 Å². The number of hydrogen-bond donors (Lipinski definition) is 2. The van der Waals surface area contributed by atoms with Crippen molar-refractivity contribution in [2.45, 2.75) is 31.4 Å². The second-order valence-electron chi connectivity index (χ2n) is 4.71. The summed E-state index contributed by atoms with van der Waals surface area (Å²) in [7, 11) is 0. The standard InChI is InChI=1S/C12H19BrN2OS/c1-12(5-2-6-16-12)8-15-9(7-14)10-3-4-11(13)17-10/h3-4,9,15H,2,5-8,14H2,1H3. The van der Waals surface area contributed by atoms with E-state index in [0.29, 0.717) is 6.54 Å². The lowest BCUT2D eigenvalue weighted by molar-refractivity contribution is 0.0190. The van der Waals surface area contributed by atoms with Gasteiger partial charge in [-0.05, 0) is 47.8 Å². The van der Waals surface area contributed by atoms with E-state index in [1.807, 2.05) is 0 Å². The molecule has 2 atom stereocenters. The molecule has 5 heteroatoms. The third kappa shape index (κ3) is 3.51. The van der Waals surface area contributed by atoms with Crippen molar-refractivity contribution in [3.05, 3.63) is 20.8 Å². The predicted octanol–water partition coefficient (Wildman–Crippen LogP) is 2.67. The molecule has 1 aliphatic heterocycles. The fourth-order valence-corrected chi connectivity index (χ4v) is 3.64. The van der Waals surface area contributed by atoms with E-state index in [1.54, 1.807) is 11.3 Å². The molecule has 1 aliphatic rings. The smallest absolute Gasteiger partial charge is 0.0779 e. The van der Waals surface area contributed by atoms with Gasteiger partial charge in [-0.3, -0.25) is 0 Å². The molecule has 1 fully saturated rings. The van der Waals surface area contributed by atoms with Crippen molar-refractivity contribution >= 4 is 27.3 Å². The van der Waals surface area contributed by atoms with Crippen LogP contribution in [0.15, 0.2) is 15.9 Å². The Bertz CT molecular complexity index is 363. The average molecular weight is 319 g/mol. The highest BCUT2D eigenvalue weighted by Crippen LogP contribution is 2.29. The minimum Gasteiger partial charge on any atom is -0.374 e. The lowest BCUT2D eigenvalue weighted by Crippen LogP contribution is -2.40. The molecule has 0 amide bonds. The summed E-state index contributed by atoms with van der Waals surface area (Å²) in [5, 5.41) is 3.52. The molecule has 2 rings (SSSR count). The number of hydrogen-bond acceptors (Lipinski definition) is 4. The first-order valence-electron chi connectivity index (χ1n) is 5.96. The van der Waals surface area contributed by atoms with Crippen molar-refractivity contribution in [3.63, 3.8) is 0 Å². The minimum absolute atomic E-state index is 0.0120. The first-order chi connectivity index (χ1) is 8.13. The van der Waals surface area contributed by atoms with Crippen molar-refractivity contribution in [3.8, 4) is 0 Å². The molecule has 1 aromatic rings. The molecule has 2 heterocycles. The van der Waals surface area contributed by atoms with Crippen LogP contribution in [0.4, 0.5) is 0 Å². The molecule has 0 aliphatic carbocycles. The lowest BCUT2D eigenvalue weighted by atomic mass is 10.0. The molecule has 3 nitrogen and oxygen atoms in total. The average Bonchev–Trinajstić information content (AvgIpc) is 2.90. The topological polar surface area (TPSA) is 47.3 Å². The van der Waals surface area contributed by atoms with Crippen LogP contribution in [-0.2, 0) is 4.74 Å². The van der Waals surface area contributed by atoms with Crippen LogP contribution >= 0.6 is 27.3 Å². The summed E-state index contributed by atoms with van der Waals surface area (Å²) in [6.45, 7) is 4.54. The van der Waals surface area contributed by atoms with Crippen LogP contribution < -0.4 is 11.1 Å². The first kappa shape index (κ1) is 13.5. The maximum absolute atomic E-state index is 5.83. The Kier molecular flexibility index (Phi) is 4.60. The van der Waals surface area contributed by atoms with Crippen LogP contribution in [-0.4, -0.2) is 25.3 Å². The van der Waals surface area contributed by atoms with E-state index in [0.717, 1.165) is 29.8 Å². The van der Waals surface area contributed by atoms with Crippen LogP contribution in [0.5, 0.6) is 0 Å². The van der Waals surface area contributed by atoms with Gasteiger partial charge in [-0.2, -0.15) is 0 Å². The lowest BCUT2D eigenvalue weighted by Gasteiger charge is -2.26. The van der Waals surface area contributed by atoms with Crippen molar-refractivity contribution in [1.29, 1.82) is 0 Å². The van der Waals surface area contributed by atoms with Crippen molar-refractivity contribution in [1.82, 2.24) is 5.32 Å². The highest BCUT2D eigenvalue weighted by molar-refractivity contribution is 9.11. The first-order valence-corrected chi connectivity index (χ1v) is 7.56. The molecule has 17 heavy (non-hydrogen) atoms. The van der Waals surface area contributed by atoms with Gasteiger partial charge >= 0.3 is 0 Å². The van der Waals surface area contributed by atoms with Crippen LogP contribution in [0.2, 0.25) is 0 Å². The number of halogens is 1. The molecule has 0 radical (unpaired) electrons. The molecule has 2 unspecified atom stereocenters. The molecule has 1 saturated heterocycles. The fourth-order valence-electron chi connectivity index (χ4n) is 2.13. The molecule has 96 valence electrons. The summed E-state index contributed by atoms with van der Waals surface area (Å²) >= 11 is 5.22. The van der Waals surface area contributed by atoms with Gasteiger partial charge in [0.15, 0.2) is 0 Å². The Hall–Kier alpha value is 0.0600. The molecule has 1 aromatic heterocycles. The van der Waals surface area contributed by atoms with Crippen LogP contribution in [0, 0.1) is 0 Å². The second kappa shape index (κ2) is 5.80. The molecule has 3 N–H and O–H groups in total. The quantitative estimate of drug-likeness (QED) is 0.877. The van der Waals surface area contributed by atoms with E-state index < -0.39 is 0 Å². The third-order valence-corrected chi connectivity index (χ3v) is 4.93. The largest absolute Gasteiger partial charge is 0.374 e. The zero-order valence-corrected chi connectivity index (χ0v) is 12.4. The van der Waals surface area contributed by atoms with Gasteiger partial charge in [0.05, 0.1) is 15.4 Å². The van der Waals surface area contributed by atoms with Crippen LogP contribution in [0.25, 0.3) is 0 Å². The van der Waals surface area contributed by atoms with Crippen molar-refractivity contribution in [2.24, 2.45) is 5.73 Å². The Labute approximate surface area is 115 Å². The monoisotopic (exact) mass is 318 g/mol. The molecule has 0 aromatic carbocycles. The van der Waals surface area contributed by atoms with E-state index in [9.17, 15) is 0 Å². The second-order valence-corrected chi connectivity index (χ2v) is 7.21. The number of ether oxygens (including phenoxy) is 1. The summed E-state index contributed by atoms with van der Waals surface area (Å²) in [5.74, 6) is 0. The minimum atomic E-state index is -0.0120. The maximum Gasteiger partial charge on any atom is 0.0779 e. The summed E-state index contributed by atoms with van der Waals surface area (Å²) in [6, 6.07) is 4.42. The van der Waals surface area contributed by atoms with E-state index in [1.165, 1.54) is 4.88 Å². The summed E-state index contributed by atoms with van der Waals surface area (Å²) in [6.07, 6.45) is 2.29. The van der Waals surface area contributed by atoms with Gasteiger partial charge in [0.2, 0.25) is 0 Å². The molecular weight excluding hydrogens is 300 g/mol. The SMILES string of the molecule is CC1(CNC(CN)c2ccc(Br)s2)CCCO1. The van der Waals surface area contributed by atoms with E-state index in [2.05, 4.69) is 40.3 Å². The van der Waals surface area contributed by atoms with Gasteiger partial charge in [0.25, 0.3) is 0 Å². The van der Waals surface area contributed by atoms with Crippen LogP contribution in [0.3, 0.4) is 0 Å². The zero-order chi connectivity index (χ0) is 12.3. The maximum atomic E-state index is 5.83. The van der Waals surface area contributed by atoms with Crippen LogP contribution in [0.1, 0.15) is 30.7 Å². The Morgan fingerprint density at radius 2 is 2.47 bits per heavy atom. The summed E-state index contributed by atoms with van der Waals surface area (Å²) in [4.78, 5) is 1.28. The summed E-state index contributed by atoms with van der Waals surface area (Å²) in [5.41, 5.74) is 5.82. The molecule has 0 saturated carbocycles. The van der Waals surface area contributed by atoms with E-state index in [-0.39, 0.29) is 11.6 Å². The highest BCUT2D eigenvalue weighted by atomic mass is 79.9. The Balaban J connectivity index is 1.91. The fraction of sp³-hybridized carbons (Fsp3) is 0.667. The van der Waals surface area contributed by atoms with E-state index in [4.69, 9.17) is 10.5 Å². The number of rotatable bonds is 5. The van der Waals surface area contributed by atoms with Gasteiger partial charge in [0.1, 0.15) is 0 Å². The normalized spacial score (nSPS) is 26.3. The molecule has 0 bridgehead atoms. The molecular formula is C12H19BrN2OS. The number of nitrogens with one attached hydrogen (secondary N) is 1. The number of nitrogens with two attached hydrogens (primary N) is 1. The molecule has 0 spiro atoms. The van der Waals surface area contributed by atoms with Crippen molar-refractivity contribution < 1.29 is 4.74 Å². The van der Waals surface area contributed by atoms with Gasteiger partial charge in [-0.15, -0.1) is 11.3 Å². The highest BCUT2D eigenvalue weighted by Gasteiger charge is 2.30. The van der Waals surface area contributed by atoms with Gasteiger partial charge in [-0.1, -0.05) is 0 Å². The van der Waals surface area contributed by atoms with Gasteiger partial charge in [-0.25, -0.2) is 0 Å². The Morgan fingerprint density at radius 3 is 3.00 bits per heavy atom. The summed E-state index contributed by atoms with van der Waals surface area (Å²) < 4.78 is 6.92.